The van der Waals surface area contributed by atoms with E-state index < -0.39 is 0 Å². The van der Waals surface area contributed by atoms with Crippen molar-refractivity contribution in [2.45, 2.75) is 0 Å². The summed E-state index contributed by atoms with van der Waals surface area (Å²) in [5.74, 6) is 1.48. The van der Waals surface area contributed by atoms with Crippen LogP contribution in [0.25, 0.3) is 10.9 Å². The van der Waals surface area contributed by atoms with Gasteiger partial charge in [0.1, 0.15) is 11.5 Å². The zero-order chi connectivity index (χ0) is 13.2. The SMILES string of the molecule is Nc1ccc(Oc2ccnc3cc(Cl)ccc23)cc1. The average Bonchev–Trinajstić information content (AvgIpc) is 2.41. The Hall–Kier alpha value is -2.26. The summed E-state index contributed by atoms with van der Waals surface area (Å²) in [5.41, 5.74) is 7.16. The predicted molar refractivity (Wildman–Crippen MR) is 77.7 cm³/mol. The van der Waals surface area contributed by atoms with E-state index in [0.29, 0.717) is 10.7 Å². The van der Waals surface area contributed by atoms with Gasteiger partial charge < -0.3 is 10.5 Å². The molecule has 19 heavy (non-hydrogen) atoms. The summed E-state index contributed by atoms with van der Waals surface area (Å²) >= 11 is 5.95. The molecule has 1 aromatic heterocycles. The Morgan fingerprint density at radius 1 is 1.00 bits per heavy atom. The minimum absolute atomic E-state index is 0.657. The van der Waals surface area contributed by atoms with Gasteiger partial charge in [0, 0.05) is 22.3 Å². The summed E-state index contributed by atoms with van der Waals surface area (Å²) in [7, 11) is 0. The molecule has 2 aromatic carbocycles. The van der Waals surface area contributed by atoms with E-state index in [-0.39, 0.29) is 0 Å². The second-order valence-electron chi connectivity index (χ2n) is 4.14. The zero-order valence-electron chi connectivity index (χ0n) is 10.0. The largest absolute Gasteiger partial charge is 0.457 e. The molecule has 0 saturated carbocycles. The van der Waals surface area contributed by atoms with E-state index in [0.717, 1.165) is 22.4 Å². The number of hydrogen-bond donors (Lipinski definition) is 1. The highest BCUT2D eigenvalue weighted by molar-refractivity contribution is 6.31. The molecule has 3 rings (SSSR count). The molecule has 0 fully saturated rings. The first-order chi connectivity index (χ1) is 9.22. The number of pyridine rings is 1. The average molecular weight is 271 g/mol. The summed E-state index contributed by atoms with van der Waals surface area (Å²) in [6.07, 6.45) is 1.70. The van der Waals surface area contributed by atoms with Gasteiger partial charge in [-0.15, -0.1) is 0 Å². The molecule has 94 valence electrons. The maximum atomic E-state index is 5.95. The number of halogens is 1. The van der Waals surface area contributed by atoms with Gasteiger partial charge in [-0.1, -0.05) is 11.6 Å². The standard InChI is InChI=1S/C15H11ClN2O/c16-10-1-6-13-14(9-10)18-8-7-15(13)19-12-4-2-11(17)3-5-12/h1-9H,17H2. The van der Waals surface area contributed by atoms with Crippen molar-refractivity contribution in [2.75, 3.05) is 5.73 Å². The fourth-order valence-corrected chi connectivity index (χ4v) is 2.01. The molecule has 3 nitrogen and oxygen atoms in total. The van der Waals surface area contributed by atoms with Gasteiger partial charge in [0.05, 0.1) is 5.52 Å². The summed E-state index contributed by atoms with van der Waals surface area (Å²) in [6, 6.07) is 14.6. The minimum atomic E-state index is 0.657. The van der Waals surface area contributed by atoms with Crippen LogP contribution in [0.2, 0.25) is 5.02 Å². The Labute approximate surface area is 115 Å². The predicted octanol–water partition coefficient (Wildman–Crippen LogP) is 4.26. The van der Waals surface area contributed by atoms with E-state index in [4.69, 9.17) is 22.1 Å². The van der Waals surface area contributed by atoms with Gasteiger partial charge in [-0.2, -0.15) is 0 Å². The number of nitrogens with two attached hydrogens (primary N) is 1. The van der Waals surface area contributed by atoms with Crippen LogP contribution in [-0.2, 0) is 0 Å². The van der Waals surface area contributed by atoms with Crippen molar-refractivity contribution in [3.8, 4) is 11.5 Å². The van der Waals surface area contributed by atoms with E-state index in [2.05, 4.69) is 4.98 Å². The topological polar surface area (TPSA) is 48.1 Å². The monoisotopic (exact) mass is 270 g/mol. The van der Waals surface area contributed by atoms with Crippen molar-refractivity contribution in [1.29, 1.82) is 0 Å². The number of aromatic nitrogens is 1. The Balaban J connectivity index is 2.03. The molecule has 0 atom stereocenters. The molecule has 0 bridgehead atoms. The molecule has 0 aliphatic carbocycles. The fraction of sp³-hybridized carbons (Fsp3) is 0. The lowest BCUT2D eigenvalue weighted by atomic mass is 10.2. The molecular formula is C15H11ClN2O. The Bertz CT molecular complexity index is 726. The molecule has 1 heterocycles. The molecule has 0 saturated heterocycles. The number of nitrogen functional groups attached to an aromatic ring is 1. The highest BCUT2D eigenvalue weighted by Crippen LogP contribution is 2.30. The van der Waals surface area contributed by atoms with E-state index in [1.807, 2.05) is 36.4 Å². The van der Waals surface area contributed by atoms with Gasteiger partial charge in [-0.05, 0) is 48.5 Å². The summed E-state index contributed by atoms with van der Waals surface area (Å²) in [4.78, 5) is 4.27. The van der Waals surface area contributed by atoms with Crippen LogP contribution in [-0.4, -0.2) is 4.98 Å². The van der Waals surface area contributed by atoms with Crippen LogP contribution < -0.4 is 10.5 Å². The maximum absolute atomic E-state index is 5.95. The number of nitrogens with zero attached hydrogens (tertiary/aromatic N) is 1. The molecule has 0 unspecified atom stereocenters. The molecule has 0 amide bonds. The van der Waals surface area contributed by atoms with E-state index in [1.54, 1.807) is 18.3 Å². The first-order valence-corrected chi connectivity index (χ1v) is 6.18. The third-order valence-electron chi connectivity index (χ3n) is 2.77. The van der Waals surface area contributed by atoms with E-state index >= 15 is 0 Å². The minimum Gasteiger partial charge on any atom is -0.457 e. The van der Waals surface area contributed by atoms with Crippen LogP contribution >= 0.6 is 11.6 Å². The number of benzene rings is 2. The Morgan fingerprint density at radius 2 is 1.79 bits per heavy atom. The number of hydrogen-bond acceptors (Lipinski definition) is 3. The highest BCUT2D eigenvalue weighted by Gasteiger charge is 2.05. The molecule has 4 heteroatoms. The third-order valence-corrected chi connectivity index (χ3v) is 3.01. The quantitative estimate of drug-likeness (QED) is 0.708. The van der Waals surface area contributed by atoms with Crippen molar-refractivity contribution in [3.05, 3.63) is 59.8 Å². The summed E-state index contributed by atoms with van der Waals surface area (Å²) in [6.45, 7) is 0. The second-order valence-corrected chi connectivity index (χ2v) is 4.58. The van der Waals surface area contributed by atoms with Crippen LogP contribution in [0, 0.1) is 0 Å². The van der Waals surface area contributed by atoms with Crippen molar-refractivity contribution in [3.63, 3.8) is 0 Å². The molecule has 0 spiro atoms. The maximum Gasteiger partial charge on any atom is 0.138 e. The molecule has 0 radical (unpaired) electrons. The highest BCUT2D eigenvalue weighted by atomic mass is 35.5. The molecule has 2 N–H and O–H groups in total. The summed E-state index contributed by atoms with van der Waals surface area (Å²) < 4.78 is 5.85. The van der Waals surface area contributed by atoms with Gasteiger partial charge >= 0.3 is 0 Å². The first kappa shape index (κ1) is 11.8. The van der Waals surface area contributed by atoms with Gasteiger partial charge in [0.2, 0.25) is 0 Å². The lowest BCUT2D eigenvalue weighted by Gasteiger charge is -2.08. The van der Waals surface area contributed by atoms with Gasteiger partial charge in [0.25, 0.3) is 0 Å². The van der Waals surface area contributed by atoms with E-state index in [1.165, 1.54) is 0 Å². The normalized spacial score (nSPS) is 10.6. The van der Waals surface area contributed by atoms with Crippen molar-refractivity contribution < 1.29 is 4.74 Å². The van der Waals surface area contributed by atoms with E-state index in [9.17, 15) is 0 Å². The zero-order valence-corrected chi connectivity index (χ0v) is 10.8. The van der Waals surface area contributed by atoms with Crippen LogP contribution in [0.5, 0.6) is 11.5 Å². The van der Waals surface area contributed by atoms with Gasteiger partial charge in [0.15, 0.2) is 0 Å². The number of anilines is 1. The lowest BCUT2D eigenvalue weighted by Crippen LogP contribution is -1.89. The third kappa shape index (κ3) is 2.46. The lowest BCUT2D eigenvalue weighted by molar-refractivity contribution is 0.488. The molecule has 0 aliphatic rings. The second kappa shape index (κ2) is 4.78. The Morgan fingerprint density at radius 3 is 2.58 bits per heavy atom. The Kier molecular flexibility index (Phi) is 2.97. The number of rotatable bonds is 2. The number of fused-ring (bicyclic) bond motifs is 1. The summed E-state index contributed by atoms with van der Waals surface area (Å²) in [5, 5.41) is 1.58. The fourth-order valence-electron chi connectivity index (χ4n) is 1.85. The van der Waals surface area contributed by atoms with Gasteiger partial charge in [-0.3, -0.25) is 4.98 Å². The molecule has 0 aliphatic heterocycles. The molecular weight excluding hydrogens is 260 g/mol. The molecule has 3 aromatic rings. The smallest absolute Gasteiger partial charge is 0.138 e. The van der Waals surface area contributed by atoms with Crippen LogP contribution in [0.3, 0.4) is 0 Å². The first-order valence-electron chi connectivity index (χ1n) is 5.80. The van der Waals surface area contributed by atoms with Crippen LogP contribution in [0.15, 0.2) is 54.7 Å². The van der Waals surface area contributed by atoms with Crippen molar-refractivity contribution >= 4 is 28.2 Å². The van der Waals surface area contributed by atoms with Crippen LogP contribution in [0.1, 0.15) is 0 Å². The van der Waals surface area contributed by atoms with Crippen LogP contribution in [0.4, 0.5) is 5.69 Å². The van der Waals surface area contributed by atoms with Crippen molar-refractivity contribution in [1.82, 2.24) is 4.98 Å². The number of ether oxygens (including phenoxy) is 1. The van der Waals surface area contributed by atoms with Gasteiger partial charge in [-0.25, -0.2) is 0 Å². The van der Waals surface area contributed by atoms with Crippen molar-refractivity contribution in [2.24, 2.45) is 0 Å².